The predicted molar refractivity (Wildman–Crippen MR) is 165 cm³/mol. The summed E-state index contributed by atoms with van der Waals surface area (Å²) in [4.78, 5) is 64.8. The zero-order valence-electron chi connectivity index (χ0n) is 25.6. The van der Waals surface area contributed by atoms with Gasteiger partial charge in [0.15, 0.2) is 23.6 Å². The van der Waals surface area contributed by atoms with Crippen LogP contribution in [0, 0.1) is 16.7 Å². The number of nitrogens with two attached hydrogens (primary N) is 3. The number of ketones is 2. The fourth-order valence-corrected chi connectivity index (χ4v) is 7.20. The molecule has 0 bridgehead atoms. The first-order chi connectivity index (χ1) is 21.9. The zero-order valence-corrected chi connectivity index (χ0v) is 25.6. The van der Waals surface area contributed by atoms with Gasteiger partial charge in [-0.1, -0.05) is 18.2 Å². The van der Waals surface area contributed by atoms with Crippen LogP contribution in [0.5, 0.6) is 5.75 Å². The third-order valence-electron chi connectivity index (χ3n) is 9.02. The number of esters is 1. The first-order valence-electron chi connectivity index (χ1n) is 14.3. The standard InChI is InChI=1S/C32H32N6O9/c1-14(39)47-11-20(41)37-16-6-4-15(5-7-16)17-8-9-19(40)21-18(17)10-30(35)12-32(36)26(38(2)3)25(43)22(29(34)46)27(44)31(32,13-33)28(45)23(30)24(21)42/h4-9,26,40,42,44H,10-12,35-36H2,1-3H3,(H2,34,46)(H,37,41)/t26-,30-,31+,32-/m1/s1. The minimum absolute atomic E-state index is 0.155. The van der Waals surface area contributed by atoms with Crippen molar-refractivity contribution in [2.75, 3.05) is 26.0 Å². The lowest BCUT2D eigenvalue weighted by molar-refractivity contribution is -0.145. The first-order valence-corrected chi connectivity index (χ1v) is 14.3. The van der Waals surface area contributed by atoms with Crippen molar-refractivity contribution >= 4 is 40.8 Å². The summed E-state index contributed by atoms with van der Waals surface area (Å²) in [5.74, 6) is -7.21. The Morgan fingerprint density at radius 3 is 2.28 bits per heavy atom. The number of nitriles is 1. The normalized spacial score (nSPS) is 26.6. The minimum atomic E-state index is -2.76. The average Bonchev–Trinajstić information content (AvgIpc) is 2.95. The number of benzene rings is 2. The number of phenols is 1. The summed E-state index contributed by atoms with van der Waals surface area (Å²) in [5, 5.41) is 47.0. The van der Waals surface area contributed by atoms with Crippen molar-refractivity contribution in [2.24, 2.45) is 22.6 Å². The van der Waals surface area contributed by atoms with E-state index in [0.717, 1.165) is 0 Å². The van der Waals surface area contributed by atoms with Gasteiger partial charge < -0.3 is 42.6 Å². The SMILES string of the molecule is CC(=O)OCC(=O)Nc1ccc(-c2ccc(O)c3c2C[C@@]2(N)C[C@@]4(N)[C@H](N(C)C)C(=O)C(C(N)=O)=C(O)[C@@]4(C#N)C(=O)C2=C3O)cc1. The van der Waals surface area contributed by atoms with Crippen molar-refractivity contribution in [1.82, 2.24) is 4.90 Å². The van der Waals surface area contributed by atoms with E-state index >= 15 is 0 Å². The van der Waals surface area contributed by atoms with Crippen molar-refractivity contribution in [1.29, 1.82) is 5.26 Å². The third-order valence-corrected chi connectivity index (χ3v) is 9.02. The number of nitrogens with zero attached hydrogens (tertiary/aromatic N) is 2. The molecule has 0 spiro atoms. The summed E-state index contributed by atoms with van der Waals surface area (Å²) in [6.45, 7) is 0.704. The van der Waals surface area contributed by atoms with Gasteiger partial charge in [-0.3, -0.25) is 28.9 Å². The maximum Gasteiger partial charge on any atom is 0.303 e. The van der Waals surface area contributed by atoms with Crippen LogP contribution in [0.3, 0.4) is 0 Å². The van der Waals surface area contributed by atoms with E-state index in [2.05, 4.69) is 5.32 Å². The van der Waals surface area contributed by atoms with E-state index in [-0.39, 0.29) is 12.0 Å². The number of hydrogen-bond donors (Lipinski definition) is 7. The second-order valence-corrected chi connectivity index (χ2v) is 12.2. The molecule has 1 saturated carbocycles. The van der Waals surface area contributed by atoms with Crippen LogP contribution in [-0.2, 0) is 35.1 Å². The van der Waals surface area contributed by atoms with Crippen molar-refractivity contribution in [3.63, 3.8) is 0 Å². The molecular weight excluding hydrogens is 612 g/mol. The Balaban J connectivity index is 1.67. The number of hydrogen-bond acceptors (Lipinski definition) is 13. The summed E-state index contributed by atoms with van der Waals surface area (Å²) in [5.41, 5.74) is 12.5. The molecule has 0 aliphatic heterocycles. The second-order valence-electron chi connectivity index (χ2n) is 12.2. The predicted octanol–water partition coefficient (Wildman–Crippen LogP) is 0.0741. The highest BCUT2D eigenvalue weighted by molar-refractivity contribution is 6.25. The van der Waals surface area contributed by atoms with Crippen LogP contribution in [-0.4, -0.2) is 87.4 Å². The number of aliphatic hydroxyl groups excluding tert-OH is 2. The lowest BCUT2D eigenvalue weighted by Gasteiger charge is -2.58. The van der Waals surface area contributed by atoms with E-state index in [0.29, 0.717) is 22.4 Å². The summed E-state index contributed by atoms with van der Waals surface area (Å²) < 4.78 is 4.69. The van der Waals surface area contributed by atoms with Crippen LogP contribution < -0.4 is 22.5 Å². The number of rotatable bonds is 6. The smallest absolute Gasteiger partial charge is 0.303 e. The van der Waals surface area contributed by atoms with Gasteiger partial charge in [0.1, 0.15) is 22.8 Å². The molecule has 0 radical (unpaired) electrons. The molecule has 0 aromatic heterocycles. The molecule has 5 rings (SSSR count). The quantitative estimate of drug-likeness (QED) is 0.162. The number of primary amides is 1. The number of nitrogens with one attached hydrogen (secondary N) is 1. The Morgan fingerprint density at radius 2 is 1.72 bits per heavy atom. The topological polar surface area (TPSA) is 272 Å². The van der Waals surface area contributed by atoms with Crippen LogP contribution in [0.2, 0.25) is 0 Å². The Hall–Kier alpha value is -5.56. The van der Waals surface area contributed by atoms with Crippen molar-refractivity contribution in [2.45, 2.75) is 36.9 Å². The number of Topliss-reactive ketones (excluding diaryl/α,β-unsaturated/α-hetero) is 2. The van der Waals surface area contributed by atoms with Gasteiger partial charge >= 0.3 is 5.97 Å². The van der Waals surface area contributed by atoms with Gasteiger partial charge in [-0.05, 0) is 61.8 Å². The Kier molecular flexibility index (Phi) is 7.72. The van der Waals surface area contributed by atoms with Crippen LogP contribution in [0.25, 0.3) is 16.9 Å². The monoisotopic (exact) mass is 644 g/mol. The molecule has 47 heavy (non-hydrogen) atoms. The van der Waals surface area contributed by atoms with Gasteiger partial charge in [0.2, 0.25) is 0 Å². The lowest BCUT2D eigenvalue weighted by atomic mass is 9.47. The Morgan fingerprint density at radius 1 is 1.09 bits per heavy atom. The van der Waals surface area contributed by atoms with Gasteiger partial charge in [0.05, 0.1) is 34.3 Å². The average molecular weight is 645 g/mol. The number of amides is 2. The van der Waals surface area contributed by atoms with E-state index in [1.165, 1.54) is 32.0 Å². The maximum atomic E-state index is 14.5. The number of ether oxygens (including phenoxy) is 1. The van der Waals surface area contributed by atoms with Gasteiger partial charge in [-0.25, -0.2) is 0 Å². The van der Waals surface area contributed by atoms with Crippen molar-refractivity contribution in [3.8, 4) is 22.9 Å². The van der Waals surface area contributed by atoms with E-state index in [4.69, 9.17) is 21.9 Å². The summed E-state index contributed by atoms with van der Waals surface area (Å²) in [6, 6.07) is 9.49. The second kappa shape index (κ2) is 11.1. The molecule has 0 heterocycles. The lowest BCUT2D eigenvalue weighted by Crippen LogP contribution is -2.80. The van der Waals surface area contributed by atoms with Crippen LogP contribution in [0.15, 0.2) is 53.3 Å². The van der Waals surface area contributed by atoms with E-state index in [1.807, 2.05) is 0 Å². The van der Waals surface area contributed by atoms with Gasteiger partial charge in [0, 0.05) is 12.6 Å². The van der Waals surface area contributed by atoms with E-state index in [1.54, 1.807) is 36.4 Å². The fraction of sp³-hybridized carbons (Fsp3) is 0.312. The van der Waals surface area contributed by atoms with Crippen LogP contribution in [0.1, 0.15) is 24.5 Å². The molecule has 244 valence electrons. The van der Waals surface area contributed by atoms with E-state index in [9.17, 15) is 44.6 Å². The molecule has 3 aliphatic carbocycles. The number of carbonyl (C=O) groups excluding carboxylic acids is 5. The van der Waals surface area contributed by atoms with Gasteiger partial charge in [0.25, 0.3) is 11.8 Å². The number of carbonyl (C=O) groups is 5. The van der Waals surface area contributed by atoms with Crippen LogP contribution in [0.4, 0.5) is 5.69 Å². The number of likely N-dealkylation sites (N-methyl/N-ethyl adjacent to an activating group) is 1. The molecule has 15 heteroatoms. The summed E-state index contributed by atoms with van der Waals surface area (Å²) in [6.07, 6.45) is -0.731. The number of aromatic hydroxyl groups is 1. The number of aliphatic hydroxyl groups is 2. The van der Waals surface area contributed by atoms with Crippen LogP contribution >= 0.6 is 0 Å². The molecule has 2 aromatic carbocycles. The van der Waals surface area contributed by atoms with Crippen molar-refractivity contribution < 1.29 is 44.0 Å². The zero-order chi connectivity index (χ0) is 34.8. The Bertz CT molecular complexity index is 1890. The molecule has 10 N–H and O–H groups in total. The highest BCUT2D eigenvalue weighted by atomic mass is 16.5. The third kappa shape index (κ3) is 4.64. The van der Waals surface area contributed by atoms with E-state index < -0.39 is 93.3 Å². The molecule has 2 aromatic rings. The number of anilines is 1. The maximum absolute atomic E-state index is 14.5. The molecule has 3 aliphatic rings. The summed E-state index contributed by atoms with van der Waals surface area (Å²) in [7, 11) is 2.87. The van der Waals surface area contributed by atoms with Gasteiger partial charge in [-0.2, -0.15) is 5.26 Å². The molecule has 2 amide bonds. The molecule has 15 nitrogen and oxygen atoms in total. The Labute approximate surface area is 267 Å². The summed E-state index contributed by atoms with van der Waals surface area (Å²) >= 11 is 0. The minimum Gasteiger partial charge on any atom is -0.509 e. The van der Waals surface area contributed by atoms with Crippen molar-refractivity contribution in [3.05, 3.63) is 64.4 Å². The molecule has 1 fully saturated rings. The first kappa shape index (κ1) is 32.8. The molecular formula is C32H32N6O9. The molecule has 4 atom stereocenters. The molecule has 0 unspecified atom stereocenters. The fourth-order valence-electron chi connectivity index (χ4n) is 7.20. The largest absolute Gasteiger partial charge is 0.509 e. The van der Waals surface area contributed by atoms with Gasteiger partial charge in [-0.15, -0.1) is 0 Å². The highest BCUT2D eigenvalue weighted by Gasteiger charge is 2.74. The highest BCUT2D eigenvalue weighted by Crippen LogP contribution is 2.58. The number of fused-ring (bicyclic) bond motifs is 3. The number of phenolic OH excluding ortho intramolecular Hbond substituents is 1. The molecule has 0 saturated heterocycles.